The maximum absolute atomic E-state index is 5.18. The van der Waals surface area contributed by atoms with E-state index < -0.39 is 0 Å². The van der Waals surface area contributed by atoms with Gasteiger partial charge < -0.3 is 4.74 Å². The molecule has 1 fully saturated rings. The van der Waals surface area contributed by atoms with E-state index in [0.717, 1.165) is 40.9 Å². The first-order valence-electron chi connectivity index (χ1n) is 7.66. The lowest BCUT2D eigenvalue weighted by Crippen LogP contribution is -2.13. The van der Waals surface area contributed by atoms with Crippen molar-refractivity contribution >= 4 is 22.2 Å². The van der Waals surface area contributed by atoms with E-state index in [9.17, 15) is 0 Å². The zero-order chi connectivity index (χ0) is 15.4. The highest BCUT2D eigenvalue weighted by molar-refractivity contribution is 7.14. The molecule has 0 aliphatic heterocycles. The molecular weight excluding hydrogens is 294 g/mol. The zero-order valence-corrected chi connectivity index (χ0v) is 13.8. The van der Waals surface area contributed by atoms with Gasteiger partial charge in [0.1, 0.15) is 5.75 Å². The Bertz CT molecular complexity index is 648. The van der Waals surface area contributed by atoms with Crippen LogP contribution in [0.5, 0.6) is 5.75 Å². The van der Waals surface area contributed by atoms with Gasteiger partial charge in [-0.15, -0.1) is 11.3 Å². The maximum atomic E-state index is 5.18. The predicted molar refractivity (Wildman–Crippen MR) is 92.8 cm³/mol. The average Bonchev–Trinajstić information content (AvgIpc) is 3.02. The summed E-state index contributed by atoms with van der Waals surface area (Å²) in [6, 6.07) is 7.94. The van der Waals surface area contributed by atoms with Crippen LogP contribution in [0.1, 0.15) is 32.6 Å². The van der Waals surface area contributed by atoms with Crippen molar-refractivity contribution in [3.63, 3.8) is 0 Å². The molecule has 1 aliphatic carbocycles. The number of thiazole rings is 1. The lowest BCUT2D eigenvalue weighted by molar-refractivity contribution is 0.415. The van der Waals surface area contributed by atoms with Gasteiger partial charge >= 0.3 is 0 Å². The summed E-state index contributed by atoms with van der Waals surface area (Å²) in [7, 11) is 1.67. The molecule has 1 heterocycles. The van der Waals surface area contributed by atoms with E-state index >= 15 is 0 Å². The molecule has 1 aliphatic rings. The standard InChI is InChI=1S/C17H21N3OS/c1-12-4-3-5-14(10-12)19-20-17-18-16(11-22-17)13-6-8-15(21-2)9-7-13/h6-9,11-12H,3-5,10H2,1-2H3,(H,18,20)/b19-14-/t12-/m1/s1. The van der Waals surface area contributed by atoms with Crippen LogP contribution in [0, 0.1) is 5.92 Å². The molecule has 1 N–H and O–H groups in total. The predicted octanol–water partition coefficient (Wildman–Crippen LogP) is 4.80. The van der Waals surface area contributed by atoms with Gasteiger partial charge in [0.15, 0.2) is 0 Å². The van der Waals surface area contributed by atoms with Gasteiger partial charge in [-0.3, -0.25) is 5.43 Å². The van der Waals surface area contributed by atoms with Crippen molar-refractivity contribution in [2.24, 2.45) is 11.0 Å². The molecule has 5 heteroatoms. The Morgan fingerprint density at radius 2 is 2.14 bits per heavy atom. The minimum Gasteiger partial charge on any atom is -0.497 e. The number of methoxy groups -OCH3 is 1. The number of hydrogen-bond donors (Lipinski definition) is 1. The van der Waals surface area contributed by atoms with Crippen LogP contribution in [-0.4, -0.2) is 17.8 Å². The van der Waals surface area contributed by atoms with Gasteiger partial charge in [-0.2, -0.15) is 5.10 Å². The van der Waals surface area contributed by atoms with Gasteiger partial charge in [-0.1, -0.05) is 6.92 Å². The third-order valence-electron chi connectivity index (χ3n) is 3.95. The van der Waals surface area contributed by atoms with E-state index in [0.29, 0.717) is 0 Å². The lowest BCUT2D eigenvalue weighted by Gasteiger charge is -2.18. The molecule has 2 aromatic rings. The van der Waals surface area contributed by atoms with E-state index in [1.54, 1.807) is 18.4 Å². The summed E-state index contributed by atoms with van der Waals surface area (Å²) in [5.41, 5.74) is 6.43. The van der Waals surface area contributed by atoms with Gasteiger partial charge in [-0.05, 0) is 55.9 Å². The molecule has 1 saturated carbocycles. The molecule has 0 spiro atoms. The zero-order valence-electron chi connectivity index (χ0n) is 13.0. The van der Waals surface area contributed by atoms with Gasteiger partial charge in [0.05, 0.1) is 12.8 Å². The Kier molecular flexibility index (Phi) is 4.73. The Morgan fingerprint density at radius 3 is 2.86 bits per heavy atom. The number of rotatable bonds is 4. The van der Waals surface area contributed by atoms with Crippen molar-refractivity contribution in [1.82, 2.24) is 4.98 Å². The minimum atomic E-state index is 0.750. The summed E-state index contributed by atoms with van der Waals surface area (Å²) >= 11 is 1.58. The van der Waals surface area contributed by atoms with Crippen LogP contribution >= 0.6 is 11.3 Å². The van der Waals surface area contributed by atoms with Crippen LogP contribution in [0.25, 0.3) is 11.3 Å². The first-order valence-corrected chi connectivity index (χ1v) is 8.54. The molecule has 1 aromatic carbocycles. The van der Waals surface area contributed by atoms with Crippen molar-refractivity contribution in [3.05, 3.63) is 29.6 Å². The highest BCUT2D eigenvalue weighted by atomic mass is 32.1. The molecule has 3 rings (SSSR count). The second-order valence-corrected chi connectivity index (χ2v) is 6.62. The van der Waals surface area contributed by atoms with Gasteiger partial charge in [-0.25, -0.2) is 4.98 Å². The monoisotopic (exact) mass is 315 g/mol. The van der Waals surface area contributed by atoms with Crippen molar-refractivity contribution in [3.8, 4) is 17.0 Å². The molecule has 1 aromatic heterocycles. The summed E-state index contributed by atoms with van der Waals surface area (Å²) in [6.45, 7) is 2.29. The Hall–Kier alpha value is -1.88. The smallest absolute Gasteiger partial charge is 0.203 e. The number of nitrogens with zero attached hydrogens (tertiary/aromatic N) is 2. The normalized spacial score (nSPS) is 20.1. The van der Waals surface area contributed by atoms with Gasteiger partial charge in [0.2, 0.25) is 5.13 Å². The fourth-order valence-corrected chi connectivity index (χ4v) is 3.37. The molecule has 1 atom stereocenters. The number of ether oxygens (including phenoxy) is 1. The number of benzene rings is 1. The minimum absolute atomic E-state index is 0.750. The summed E-state index contributed by atoms with van der Waals surface area (Å²) in [5, 5.41) is 7.43. The van der Waals surface area contributed by atoms with Crippen molar-refractivity contribution in [2.75, 3.05) is 12.5 Å². The van der Waals surface area contributed by atoms with Crippen molar-refractivity contribution < 1.29 is 4.74 Å². The summed E-state index contributed by atoms with van der Waals surface area (Å²) in [4.78, 5) is 4.60. The molecule has 22 heavy (non-hydrogen) atoms. The fraction of sp³-hybridized carbons (Fsp3) is 0.412. The van der Waals surface area contributed by atoms with E-state index in [-0.39, 0.29) is 0 Å². The van der Waals surface area contributed by atoms with E-state index in [1.807, 2.05) is 29.6 Å². The number of hydrogen-bond acceptors (Lipinski definition) is 5. The van der Waals surface area contributed by atoms with E-state index in [4.69, 9.17) is 4.74 Å². The highest BCUT2D eigenvalue weighted by Crippen LogP contribution is 2.27. The number of hydrazone groups is 1. The van der Waals surface area contributed by atoms with Crippen molar-refractivity contribution in [1.29, 1.82) is 0 Å². The maximum Gasteiger partial charge on any atom is 0.203 e. The number of nitrogens with one attached hydrogen (secondary N) is 1. The van der Waals surface area contributed by atoms with Gasteiger partial charge in [0, 0.05) is 16.7 Å². The SMILES string of the molecule is COc1ccc(-c2csc(N/N=C3/CCC[C@@H](C)C3)n2)cc1. The van der Waals surface area contributed by atoms with Crippen LogP contribution in [0.3, 0.4) is 0 Å². The first-order chi connectivity index (χ1) is 10.7. The lowest BCUT2D eigenvalue weighted by atomic mass is 9.89. The van der Waals surface area contributed by atoms with Crippen molar-refractivity contribution in [2.45, 2.75) is 32.6 Å². The second-order valence-electron chi connectivity index (χ2n) is 5.76. The molecule has 116 valence electrons. The second kappa shape index (κ2) is 6.92. The largest absolute Gasteiger partial charge is 0.497 e. The molecule has 0 amide bonds. The van der Waals surface area contributed by atoms with Gasteiger partial charge in [0.25, 0.3) is 0 Å². The summed E-state index contributed by atoms with van der Waals surface area (Å²) in [5.74, 6) is 1.61. The third kappa shape index (κ3) is 3.65. The van der Waals surface area contributed by atoms with E-state index in [1.165, 1.54) is 18.6 Å². The quantitative estimate of drug-likeness (QED) is 0.825. The van der Waals surface area contributed by atoms with Crippen LogP contribution in [0.4, 0.5) is 5.13 Å². The molecule has 0 bridgehead atoms. The Labute approximate surface area is 135 Å². The fourth-order valence-electron chi connectivity index (χ4n) is 2.71. The third-order valence-corrected chi connectivity index (χ3v) is 4.69. The van der Waals surface area contributed by atoms with Crippen LogP contribution in [-0.2, 0) is 0 Å². The molecular formula is C17H21N3OS. The highest BCUT2D eigenvalue weighted by Gasteiger charge is 2.14. The number of anilines is 1. The molecule has 0 saturated heterocycles. The van der Waals surface area contributed by atoms with E-state index in [2.05, 4.69) is 22.4 Å². The van der Waals surface area contributed by atoms with Crippen LogP contribution < -0.4 is 10.2 Å². The molecule has 4 nitrogen and oxygen atoms in total. The number of aromatic nitrogens is 1. The van der Waals surface area contributed by atoms with Crippen LogP contribution in [0.2, 0.25) is 0 Å². The molecule has 0 radical (unpaired) electrons. The first kappa shape index (κ1) is 15.0. The summed E-state index contributed by atoms with van der Waals surface area (Å²) in [6.07, 6.45) is 4.77. The summed E-state index contributed by atoms with van der Waals surface area (Å²) < 4.78 is 5.18. The molecule has 0 unspecified atom stereocenters. The average molecular weight is 315 g/mol. The Balaban J connectivity index is 1.66. The van der Waals surface area contributed by atoms with Crippen LogP contribution in [0.15, 0.2) is 34.7 Å². The topological polar surface area (TPSA) is 46.5 Å². The Morgan fingerprint density at radius 1 is 1.32 bits per heavy atom.